The van der Waals surface area contributed by atoms with Gasteiger partial charge in [0.15, 0.2) is 6.19 Å². The summed E-state index contributed by atoms with van der Waals surface area (Å²) in [5.74, 6) is -0.548. The van der Waals surface area contributed by atoms with Crippen molar-refractivity contribution in [1.82, 2.24) is 0 Å². The van der Waals surface area contributed by atoms with Crippen LogP contribution in [0.3, 0.4) is 0 Å². The summed E-state index contributed by atoms with van der Waals surface area (Å²) in [5.41, 5.74) is 5.81. The van der Waals surface area contributed by atoms with E-state index in [1.54, 1.807) is 30.5 Å². The van der Waals surface area contributed by atoms with Gasteiger partial charge in [0.1, 0.15) is 0 Å². The summed E-state index contributed by atoms with van der Waals surface area (Å²) in [6.07, 6.45) is 1.72. The number of hydrogen-bond donors (Lipinski definition) is 2. The van der Waals surface area contributed by atoms with Crippen molar-refractivity contribution in [3.8, 4) is 6.19 Å². The highest BCUT2D eigenvalue weighted by Gasteiger charge is 2.04. The highest BCUT2D eigenvalue weighted by molar-refractivity contribution is 5.98. The van der Waals surface area contributed by atoms with Gasteiger partial charge in [-0.2, -0.15) is 5.26 Å². The number of anilines is 1. The fourth-order valence-electron chi connectivity index (χ4n) is 0.867. The number of rotatable bonds is 2. The monoisotopic (exact) mass is 161 g/mol. The maximum Gasteiger partial charge on any atom is 0.250 e. The molecule has 0 radical (unpaired) electrons. The molecule has 0 heterocycles. The van der Waals surface area contributed by atoms with E-state index in [0.717, 1.165) is 0 Å². The Balaban J connectivity index is 3.10. The van der Waals surface area contributed by atoms with Crippen LogP contribution in [-0.2, 0) is 0 Å². The second kappa shape index (κ2) is 3.39. The van der Waals surface area contributed by atoms with Gasteiger partial charge in [0.2, 0.25) is 0 Å². The number of nitrogens with one attached hydrogen (secondary N) is 1. The Morgan fingerprint density at radius 3 is 2.75 bits per heavy atom. The lowest BCUT2D eigenvalue weighted by Crippen LogP contribution is -2.12. The lowest BCUT2D eigenvalue weighted by atomic mass is 10.2. The standard InChI is InChI=1S/C8H7N3O/c9-5-11-7-4-2-1-3-6(7)8(10)12/h1-4,11H,(H2,10,12). The molecule has 0 atom stereocenters. The van der Waals surface area contributed by atoms with Gasteiger partial charge >= 0.3 is 0 Å². The largest absolute Gasteiger partial charge is 0.366 e. The number of nitrogens with two attached hydrogens (primary N) is 1. The summed E-state index contributed by atoms with van der Waals surface area (Å²) >= 11 is 0. The van der Waals surface area contributed by atoms with Crippen LogP contribution in [0.5, 0.6) is 0 Å². The molecule has 0 saturated heterocycles. The molecule has 60 valence electrons. The SMILES string of the molecule is N#CNc1ccccc1C(N)=O. The minimum atomic E-state index is -0.548. The molecule has 4 nitrogen and oxygen atoms in total. The van der Waals surface area contributed by atoms with Crippen molar-refractivity contribution in [2.24, 2.45) is 5.73 Å². The minimum absolute atomic E-state index is 0.319. The summed E-state index contributed by atoms with van der Waals surface area (Å²) in [7, 11) is 0. The molecule has 0 aliphatic rings. The molecule has 1 amide bonds. The highest BCUT2D eigenvalue weighted by atomic mass is 16.1. The van der Waals surface area contributed by atoms with Gasteiger partial charge in [-0.1, -0.05) is 12.1 Å². The van der Waals surface area contributed by atoms with E-state index in [-0.39, 0.29) is 0 Å². The first-order valence-electron chi connectivity index (χ1n) is 3.29. The van der Waals surface area contributed by atoms with Crippen molar-refractivity contribution in [1.29, 1.82) is 5.26 Å². The van der Waals surface area contributed by atoms with Crippen molar-refractivity contribution in [2.45, 2.75) is 0 Å². The maximum absolute atomic E-state index is 10.8. The number of nitrogens with zero attached hydrogens (tertiary/aromatic N) is 1. The number of benzene rings is 1. The summed E-state index contributed by atoms with van der Waals surface area (Å²) in [6.45, 7) is 0. The van der Waals surface area contributed by atoms with Gasteiger partial charge < -0.3 is 5.73 Å². The lowest BCUT2D eigenvalue weighted by Gasteiger charge is -2.01. The molecule has 12 heavy (non-hydrogen) atoms. The topological polar surface area (TPSA) is 78.9 Å². The van der Waals surface area contributed by atoms with Crippen LogP contribution in [0, 0.1) is 11.5 Å². The van der Waals surface area contributed by atoms with Gasteiger partial charge in [-0.05, 0) is 12.1 Å². The third-order valence-corrected chi connectivity index (χ3v) is 1.38. The Kier molecular flexibility index (Phi) is 2.29. The average Bonchev–Trinajstić information content (AvgIpc) is 2.05. The molecular formula is C8H7N3O. The Bertz CT molecular complexity index is 340. The molecule has 0 aromatic heterocycles. The van der Waals surface area contributed by atoms with E-state index in [1.165, 1.54) is 0 Å². The van der Waals surface area contributed by atoms with Gasteiger partial charge in [-0.3, -0.25) is 10.1 Å². The van der Waals surface area contributed by atoms with E-state index in [1.807, 2.05) is 0 Å². The molecule has 1 aromatic carbocycles. The van der Waals surface area contributed by atoms with E-state index in [2.05, 4.69) is 5.32 Å². The maximum atomic E-state index is 10.8. The van der Waals surface area contributed by atoms with Gasteiger partial charge in [0.25, 0.3) is 5.91 Å². The zero-order chi connectivity index (χ0) is 8.97. The number of amides is 1. The van der Waals surface area contributed by atoms with Crippen LogP contribution in [0.2, 0.25) is 0 Å². The Morgan fingerprint density at radius 2 is 2.17 bits per heavy atom. The van der Waals surface area contributed by atoms with Crippen molar-refractivity contribution in [3.05, 3.63) is 29.8 Å². The van der Waals surface area contributed by atoms with Crippen LogP contribution in [0.1, 0.15) is 10.4 Å². The summed E-state index contributed by atoms with van der Waals surface area (Å²) in [5, 5.41) is 10.7. The fraction of sp³-hybridized carbons (Fsp3) is 0. The molecule has 0 aliphatic heterocycles. The molecule has 1 aromatic rings. The molecule has 0 bridgehead atoms. The van der Waals surface area contributed by atoms with Crippen LogP contribution >= 0.6 is 0 Å². The average molecular weight is 161 g/mol. The van der Waals surface area contributed by atoms with Gasteiger partial charge in [-0.15, -0.1) is 0 Å². The van der Waals surface area contributed by atoms with Crippen molar-refractivity contribution < 1.29 is 4.79 Å². The predicted molar refractivity (Wildman–Crippen MR) is 44.2 cm³/mol. The van der Waals surface area contributed by atoms with Gasteiger partial charge in [0, 0.05) is 0 Å². The van der Waals surface area contributed by atoms with Crippen LogP contribution in [0.25, 0.3) is 0 Å². The van der Waals surface area contributed by atoms with E-state index in [4.69, 9.17) is 11.0 Å². The smallest absolute Gasteiger partial charge is 0.250 e. The number of hydrogen-bond acceptors (Lipinski definition) is 3. The number of nitriles is 1. The number of para-hydroxylation sites is 1. The van der Waals surface area contributed by atoms with Gasteiger partial charge in [0.05, 0.1) is 11.3 Å². The minimum Gasteiger partial charge on any atom is -0.366 e. The van der Waals surface area contributed by atoms with Crippen LogP contribution in [0.4, 0.5) is 5.69 Å². The van der Waals surface area contributed by atoms with E-state index < -0.39 is 5.91 Å². The summed E-state index contributed by atoms with van der Waals surface area (Å²) in [6, 6.07) is 6.57. The van der Waals surface area contributed by atoms with Crippen LogP contribution in [-0.4, -0.2) is 5.91 Å². The molecule has 0 aliphatic carbocycles. The second-order valence-corrected chi connectivity index (χ2v) is 2.15. The van der Waals surface area contributed by atoms with Crippen molar-refractivity contribution in [2.75, 3.05) is 5.32 Å². The molecular weight excluding hydrogens is 154 g/mol. The molecule has 4 heteroatoms. The molecule has 1 rings (SSSR count). The second-order valence-electron chi connectivity index (χ2n) is 2.15. The third kappa shape index (κ3) is 1.52. The van der Waals surface area contributed by atoms with E-state index in [9.17, 15) is 4.79 Å². The first-order chi connectivity index (χ1) is 5.75. The fourth-order valence-corrected chi connectivity index (χ4v) is 0.867. The number of primary amides is 1. The van der Waals surface area contributed by atoms with E-state index in [0.29, 0.717) is 11.3 Å². The zero-order valence-corrected chi connectivity index (χ0v) is 6.24. The van der Waals surface area contributed by atoms with Crippen LogP contribution < -0.4 is 11.1 Å². The third-order valence-electron chi connectivity index (χ3n) is 1.38. The van der Waals surface area contributed by atoms with Crippen molar-refractivity contribution >= 4 is 11.6 Å². The Hall–Kier alpha value is -2.02. The molecule has 0 unspecified atom stereocenters. The molecule has 3 N–H and O–H groups in total. The predicted octanol–water partition coefficient (Wildman–Crippen LogP) is 0.678. The van der Waals surface area contributed by atoms with Gasteiger partial charge in [-0.25, -0.2) is 0 Å². The normalized spacial score (nSPS) is 8.58. The highest BCUT2D eigenvalue weighted by Crippen LogP contribution is 2.12. The van der Waals surface area contributed by atoms with Crippen molar-refractivity contribution in [3.63, 3.8) is 0 Å². The summed E-state index contributed by atoms with van der Waals surface area (Å²) < 4.78 is 0. The zero-order valence-electron chi connectivity index (χ0n) is 6.24. The van der Waals surface area contributed by atoms with Crippen LogP contribution in [0.15, 0.2) is 24.3 Å². The Labute approximate surface area is 69.6 Å². The Morgan fingerprint density at radius 1 is 1.50 bits per heavy atom. The molecule has 0 fully saturated rings. The number of carbonyl (C=O) groups excluding carboxylic acids is 1. The quantitative estimate of drug-likeness (QED) is 0.494. The number of carbonyl (C=O) groups is 1. The summed E-state index contributed by atoms with van der Waals surface area (Å²) in [4.78, 5) is 10.8. The molecule has 0 saturated carbocycles. The first kappa shape index (κ1) is 8.08. The first-order valence-corrected chi connectivity index (χ1v) is 3.29. The van der Waals surface area contributed by atoms with E-state index >= 15 is 0 Å². The lowest BCUT2D eigenvalue weighted by molar-refractivity contribution is 0.100. The molecule has 0 spiro atoms.